The minimum Gasteiger partial charge on any atom is -0.463 e. The van der Waals surface area contributed by atoms with Gasteiger partial charge in [0.1, 0.15) is 17.3 Å². The Morgan fingerprint density at radius 1 is 1.30 bits per heavy atom. The zero-order valence-corrected chi connectivity index (χ0v) is 15.2. The number of amides is 1. The van der Waals surface area contributed by atoms with Crippen molar-refractivity contribution in [2.45, 2.75) is 13.3 Å². The zero-order valence-electron chi connectivity index (χ0n) is 14.3. The Bertz CT molecular complexity index is 1070. The third-order valence-electron chi connectivity index (χ3n) is 3.82. The van der Waals surface area contributed by atoms with Crippen LogP contribution >= 0.6 is 11.3 Å². The second-order valence-electron chi connectivity index (χ2n) is 5.93. The smallest absolute Gasteiger partial charge is 0.229 e. The largest absolute Gasteiger partial charge is 0.463 e. The molecule has 1 aromatic carbocycles. The molecule has 1 N–H and O–H groups in total. The first-order valence-corrected chi connectivity index (χ1v) is 9.07. The minimum absolute atomic E-state index is 0.139. The molecule has 3 aromatic heterocycles. The van der Waals surface area contributed by atoms with Gasteiger partial charge in [0.25, 0.3) is 0 Å². The Labute approximate surface area is 158 Å². The number of thiazole rings is 1. The van der Waals surface area contributed by atoms with Crippen LogP contribution in [0.3, 0.4) is 0 Å². The molecule has 0 saturated heterocycles. The Morgan fingerprint density at radius 2 is 2.11 bits per heavy atom. The molecule has 0 bridgehead atoms. The lowest BCUT2D eigenvalue weighted by atomic mass is 10.1. The molecule has 27 heavy (non-hydrogen) atoms. The topological polar surface area (TPSA) is 73.0 Å². The van der Waals surface area contributed by atoms with E-state index in [0.29, 0.717) is 22.4 Å². The number of aryl methyl sites for hydroxylation is 1. The summed E-state index contributed by atoms with van der Waals surface area (Å²) in [6.07, 6.45) is 1.73. The summed E-state index contributed by atoms with van der Waals surface area (Å²) in [6, 6.07) is 11.3. The van der Waals surface area contributed by atoms with Crippen molar-refractivity contribution in [3.8, 4) is 16.6 Å². The second-order valence-corrected chi connectivity index (χ2v) is 6.76. The van der Waals surface area contributed by atoms with E-state index in [1.54, 1.807) is 35.2 Å². The first-order valence-electron chi connectivity index (χ1n) is 8.19. The summed E-state index contributed by atoms with van der Waals surface area (Å²) >= 11 is 1.40. The molecule has 0 aliphatic carbocycles. The van der Waals surface area contributed by atoms with Gasteiger partial charge in [-0.3, -0.25) is 4.79 Å². The highest BCUT2D eigenvalue weighted by Gasteiger charge is 2.15. The van der Waals surface area contributed by atoms with E-state index >= 15 is 0 Å². The van der Waals surface area contributed by atoms with Gasteiger partial charge in [-0.05, 0) is 36.8 Å². The number of anilines is 1. The van der Waals surface area contributed by atoms with Crippen molar-refractivity contribution < 1.29 is 13.6 Å². The fraction of sp³-hybridized carbons (Fsp3) is 0.105. The molecule has 0 aliphatic heterocycles. The number of aromatic nitrogens is 3. The maximum absolute atomic E-state index is 13.0. The highest BCUT2D eigenvalue weighted by molar-refractivity contribution is 7.12. The van der Waals surface area contributed by atoms with Crippen LogP contribution in [0.4, 0.5) is 10.2 Å². The van der Waals surface area contributed by atoms with Gasteiger partial charge in [0.15, 0.2) is 5.76 Å². The third-order valence-corrected chi connectivity index (χ3v) is 4.64. The molecule has 136 valence electrons. The lowest BCUT2D eigenvalue weighted by Gasteiger charge is -2.06. The summed E-state index contributed by atoms with van der Waals surface area (Å²) in [5.74, 6) is 0.651. The van der Waals surface area contributed by atoms with Crippen molar-refractivity contribution in [3.05, 3.63) is 71.2 Å². The maximum Gasteiger partial charge on any atom is 0.229 e. The Balaban J connectivity index is 1.54. The number of nitrogens with zero attached hydrogens (tertiary/aromatic N) is 3. The number of benzene rings is 1. The number of carbonyl (C=O) groups excluding carboxylic acids is 1. The standard InChI is InChI=1S/C19H15FN4O2S/c1-12-9-17(22-18(25)10-13-4-6-14(20)7-5-13)24(23-12)19-21-15(11-27-19)16-3-2-8-26-16/h2-9,11H,10H2,1H3,(H,22,25). The van der Waals surface area contributed by atoms with Crippen LogP contribution in [0.25, 0.3) is 16.6 Å². The summed E-state index contributed by atoms with van der Waals surface area (Å²) in [6.45, 7) is 1.84. The van der Waals surface area contributed by atoms with E-state index < -0.39 is 0 Å². The van der Waals surface area contributed by atoms with E-state index in [4.69, 9.17) is 4.42 Å². The van der Waals surface area contributed by atoms with E-state index in [1.807, 2.05) is 18.4 Å². The molecule has 0 saturated carbocycles. The van der Waals surface area contributed by atoms with Crippen LogP contribution in [0.5, 0.6) is 0 Å². The molecule has 4 aromatic rings. The molecule has 1 amide bonds. The highest BCUT2D eigenvalue weighted by Crippen LogP contribution is 2.26. The van der Waals surface area contributed by atoms with Crippen LogP contribution in [-0.2, 0) is 11.2 Å². The van der Waals surface area contributed by atoms with Crippen molar-refractivity contribution >= 4 is 23.1 Å². The van der Waals surface area contributed by atoms with Gasteiger partial charge in [0.2, 0.25) is 11.0 Å². The number of nitrogens with one attached hydrogen (secondary N) is 1. The molecule has 0 spiro atoms. The van der Waals surface area contributed by atoms with E-state index in [9.17, 15) is 9.18 Å². The van der Waals surface area contributed by atoms with Crippen molar-refractivity contribution in [2.75, 3.05) is 5.32 Å². The van der Waals surface area contributed by atoms with Gasteiger partial charge in [-0.1, -0.05) is 12.1 Å². The minimum atomic E-state index is -0.330. The van der Waals surface area contributed by atoms with Gasteiger partial charge in [0, 0.05) is 11.4 Å². The predicted molar refractivity (Wildman–Crippen MR) is 100 cm³/mol. The molecule has 0 atom stereocenters. The molecule has 8 heteroatoms. The number of hydrogen-bond acceptors (Lipinski definition) is 5. The summed E-state index contributed by atoms with van der Waals surface area (Å²) in [7, 11) is 0. The van der Waals surface area contributed by atoms with Gasteiger partial charge in [-0.25, -0.2) is 9.37 Å². The number of hydrogen-bond donors (Lipinski definition) is 1. The molecule has 0 radical (unpaired) electrons. The van der Waals surface area contributed by atoms with E-state index in [2.05, 4.69) is 15.4 Å². The zero-order chi connectivity index (χ0) is 18.8. The number of furan rings is 1. The Kier molecular flexibility index (Phi) is 4.55. The average molecular weight is 382 g/mol. The van der Waals surface area contributed by atoms with Crippen LogP contribution in [0.1, 0.15) is 11.3 Å². The summed E-state index contributed by atoms with van der Waals surface area (Å²) in [4.78, 5) is 16.9. The van der Waals surface area contributed by atoms with Crippen LogP contribution in [0.2, 0.25) is 0 Å². The molecule has 6 nitrogen and oxygen atoms in total. The lowest BCUT2D eigenvalue weighted by Crippen LogP contribution is -2.17. The average Bonchev–Trinajstić information content (AvgIpc) is 3.37. The molecule has 3 heterocycles. The molecule has 0 unspecified atom stereocenters. The van der Waals surface area contributed by atoms with Crippen molar-refractivity contribution in [3.63, 3.8) is 0 Å². The van der Waals surface area contributed by atoms with Crippen LogP contribution in [-0.4, -0.2) is 20.7 Å². The Hall–Kier alpha value is -3.26. The summed E-state index contributed by atoms with van der Waals surface area (Å²) in [5.41, 5.74) is 2.18. The van der Waals surface area contributed by atoms with E-state index in [0.717, 1.165) is 11.3 Å². The van der Waals surface area contributed by atoms with Gasteiger partial charge >= 0.3 is 0 Å². The molecular formula is C19H15FN4O2S. The van der Waals surface area contributed by atoms with Crippen molar-refractivity contribution in [2.24, 2.45) is 0 Å². The monoisotopic (exact) mass is 382 g/mol. The fourth-order valence-corrected chi connectivity index (χ4v) is 3.38. The highest BCUT2D eigenvalue weighted by atomic mass is 32.1. The van der Waals surface area contributed by atoms with Crippen LogP contribution < -0.4 is 5.32 Å². The fourth-order valence-electron chi connectivity index (χ4n) is 2.61. The second kappa shape index (κ2) is 7.16. The van der Waals surface area contributed by atoms with Gasteiger partial charge in [0.05, 0.1) is 18.4 Å². The third kappa shape index (κ3) is 3.80. The van der Waals surface area contributed by atoms with E-state index in [1.165, 1.54) is 23.5 Å². The van der Waals surface area contributed by atoms with E-state index in [-0.39, 0.29) is 18.1 Å². The molecule has 0 aliphatic rings. The van der Waals surface area contributed by atoms with Crippen molar-refractivity contribution in [1.29, 1.82) is 0 Å². The van der Waals surface area contributed by atoms with Crippen molar-refractivity contribution in [1.82, 2.24) is 14.8 Å². The van der Waals surface area contributed by atoms with Crippen LogP contribution in [0, 0.1) is 12.7 Å². The molecular weight excluding hydrogens is 367 g/mol. The Morgan fingerprint density at radius 3 is 2.85 bits per heavy atom. The molecule has 0 fully saturated rings. The van der Waals surface area contributed by atoms with Crippen LogP contribution in [0.15, 0.2) is 58.5 Å². The number of carbonyl (C=O) groups is 1. The SMILES string of the molecule is Cc1cc(NC(=O)Cc2ccc(F)cc2)n(-c2nc(-c3ccco3)cs2)n1. The first-order chi connectivity index (χ1) is 13.1. The van der Waals surface area contributed by atoms with Gasteiger partial charge < -0.3 is 9.73 Å². The normalized spacial score (nSPS) is 10.9. The summed E-state index contributed by atoms with van der Waals surface area (Å²) < 4.78 is 19.9. The lowest BCUT2D eigenvalue weighted by molar-refractivity contribution is -0.115. The maximum atomic E-state index is 13.0. The molecule has 4 rings (SSSR count). The van der Waals surface area contributed by atoms with Gasteiger partial charge in [-0.2, -0.15) is 9.78 Å². The predicted octanol–water partition coefficient (Wildman–Crippen LogP) is 4.22. The quantitative estimate of drug-likeness (QED) is 0.561. The number of halogens is 1. The first kappa shape index (κ1) is 17.2. The van der Waals surface area contributed by atoms with Gasteiger partial charge in [-0.15, -0.1) is 11.3 Å². The summed E-state index contributed by atoms with van der Waals surface area (Å²) in [5, 5.41) is 9.75. The number of rotatable bonds is 5.